The molecule has 2 unspecified atom stereocenters. The van der Waals surface area contributed by atoms with Crippen LogP contribution in [0.2, 0.25) is 5.02 Å². The fourth-order valence-electron chi connectivity index (χ4n) is 2.41. The van der Waals surface area contributed by atoms with Crippen molar-refractivity contribution in [1.29, 1.82) is 0 Å². The number of hydrogen-bond donors (Lipinski definition) is 1. The molecule has 5 heteroatoms. The van der Waals surface area contributed by atoms with Gasteiger partial charge in [0.25, 0.3) is 0 Å². The Bertz CT molecular complexity index is 639. The van der Waals surface area contributed by atoms with Gasteiger partial charge in [-0.3, -0.25) is 0 Å². The summed E-state index contributed by atoms with van der Waals surface area (Å²) in [6.45, 7) is 0. The van der Waals surface area contributed by atoms with Crippen LogP contribution < -0.4 is 5.73 Å². The molecular weight excluding hydrogens is 361 g/mol. The van der Waals surface area contributed by atoms with Crippen LogP contribution in [0.1, 0.15) is 17.2 Å². The number of halogens is 3. The number of hydrogen-bond acceptors (Lipinski definition) is 2. The number of fused-ring (bicyclic) bond motifs is 1. The number of thioether (sulfide) groups is 1. The molecule has 1 heterocycles. The van der Waals surface area contributed by atoms with Gasteiger partial charge in [0.2, 0.25) is 0 Å². The van der Waals surface area contributed by atoms with Gasteiger partial charge in [0.1, 0.15) is 5.82 Å². The van der Waals surface area contributed by atoms with Gasteiger partial charge < -0.3 is 5.73 Å². The summed E-state index contributed by atoms with van der Waals surface area (Å²) in [5.74, 6) is -0.426. The van der Waals surface area contributed by atoms with Gasteiger partial charge >= 0.3 is 0 Å². The Morgan fingerprint density at radius 3 is 2.80 bits per heavy atom. The highest BCUT2D eigenvalue weighted by molar-refractivity contribution is 9.10. The van der Waals surface area contributed by atoms with Crippen molar-refractivity contribution in [1.82, 2.24) is 0 Å². The van der Waals surface area contributed by atoms with Crippen LogP contribution in [0.25, 0.3) is 0 Å². The summed E-state index contributed by atoms with van der Waals surface area (Å²) in [6, 6.07) is 11.3. The Morgan fingerprint density at radius 1 is 1.30 bits per heavy atom. The van der Waals surface area contributed by atoms with Gasteiger partial charge in [-0.25, -0.2) is 4.39 Å². The average Bonchev–Trinajstić information content (AvgIpc) is 2.88. The van der Waals surface area contributed by atoms with Crippen molar-refractivity contribution in [3.63, 3.8) is 0 Å². The third-order valence-corrected chi connectivity index (χ3v) is 6.17. The molecule has 0 amide bonds. The van der Waals surface area contributed by atoms with E-state index in [1.165, 1.54) is 10.5 Å². The molecule has 0 bridgehead atoms. The first-order valence-electron chi connectivity index (χ1n) is 6.21. The molecule has 1 aliphatic heterocycles. The molecule has 1 nitrogen and oxygen atoms in total. The lowest BCUT2D eigenvalue weighted by Gasteiger charge is -2.20. The first kappa shape index (κ1) is 14.4. The molecular formula is C15H12BrClFNS. The molecule has 0 aromatic heterocycles. The molecule has 2 aromatic rings. The Morgan fingerprint density at radius 2 is 2.05 bits per heavy atom. The SMILES string of the molecule is NC(c1ccc(Br)c(Cl)c1F)C1Cc2ccccc2S1. The van der Waals surface area contributed by atoms with Crippen LogP contribution in [0.5, 0.6) is 0 Å². The maximum atomic E-state index is 14.2. The molecule has 2 N–H and O–H groups in total. The van der Waals surface area contributed by atoms with Crippen molar-refractivity contribution >= 4 is 39.3 Å². The number of rotatable bonds is 2. The zero-order valence-corrected chi connectivity index (χ0v) is 13.6. The molecule has 2 aromatic carbocycles. The molecule has 0 aliphatic carbocycles. The Labute approximate surface area is 134 Å². The second-order valence-corrected chi connectivity index (χ2v) is 7.27. The summed E-state index contributed by atoms with van der Waals surface area (Å²) in [7, 11) is 0. The molecule has 104 valence electrons. The van der Waals surface area contributed by atoms with Crippen molar-refractivity contribution in [3.8, 4) is 0 Å². The van der Waals surface area contributed by atoms with E-state index in [0.29, 0.717) is 10.0 Å². The fraction of sp³-hybridized carbons (Fsp3) is 0.200. The van der Waals surface area contributed by atoms with E-state index < -0.39 is 5.82 Å². The summed E-state index contributed by atoms with van der Waals surface area (Å²) < 4.78 is 14.8. The summed E-state index contributed by atoms with van der Waals surface area (Å²) >= 11 is 10.9. The fourth-order valence-corrected chi connectivity index (χ4v) is 4.23. The van der Waals surface area contributed by atoms with Crippen LogP contribution in [0.3, 0.4) is 0 Å². The molecule has 1 aliphatic rings. The van der Waals surface area contributed by atoms with Crippen molar-refractivity contribution in [2.75, 3.05) is 0 Å². The van der Waals surface area contributed by atoms with Crippen molar-refractivity contribution in [2.24, 2.45) is 5.73 Å². The van der Waals surface area contributed by atoms with E-state index in [0.717, 1.165) is 6.42 Å². The van der Waals surface area contributed by atoms with Crippen molar-refractivity contribution in [3.05, 3.63) is 62.8 Å². The monoisotopic (exact) mass is 371 g/mol. The van der Waals surface area contributed by atoms with E-state index in [2.05, 4.69) is 28.1 Å². The quantitative estimate of drug-likeness (QED) is 0.754. The molecule has 0 spiro atoms. The van der Waals surface area contributed by atoms with Gasteiger partial charge in [0.05, 0.1) is 5.02 Å². The highest BCUT2D eigenvalue weighted by Gasteiger charge is 2.30. The zero-order chi connectivity index (χ0) is 14.3. The first-order chi connectivity index (χ1) is 9.58. The maximum Gasteiger partial charge on any atom is 0.147 e. The van der Waals surface area contributed by atoms with Gasteiger partial charge in [-0.15, -0.1) is 11.8 Å². The first-order valence-corrected chi connectivity index (χ1v) is 8.26. The molecule has 3 rings (SSSR count). The minimum absolute atomic E-state index is 0.0958. The highest BCUT2D eigenvalue weighted by atomic mass is 79.9. The molecule has 2 atom stereocenters. The third-order valence-electron chi connectivity index (χ3n) is 3.50. The number of benzene rings is 2. The Kier molecular flexibility index (Phi) is 4.09. The average molecular weight is 373 g/mol. The lowest BCUT2D eigenvalue weighted by atomic mass is 9.99. The van der Waals surface area contributed by atoms with Crippen LogP contribution in [-0.2, 0) is 6.42 Å². The second kappa shape index (κ2) is 5.68. The van der Waals surface area contributed by atoms with E-state index in [9.17, 15) is 4.39 Å². The van der Waals surface area contributed by atoms with Gasteiger partial charge in [-0.05, 0) is 40.0 Å². The summed E-state index contributed by atoms with van der Waals surface area (Å²) in [5.41, 5.74) is 8.02. The standard InChI is InChI=1S/C15H12BrClFNS/c16-10-6-5-9(14(18)13(10)17)15(19)12-7-8-3-1-2-4-11(8)20-12/h1-6,12,15H,7,19H2. The zero-order valence-electron chi connectivity index (χ0n) is 10.4. The topological polar surface area (TPSA) is 26.0 Å². The molecule has 0 radical (unpaired) electrons. The third kappa shape index (κ3) is 2.50. The van der Waals surface area contributed by atoms with Crippen LogP contribution >= 0.6 is 39.3 Å². The molecule has 20 heavy (non-hydrogen) atoms. The van der Waals surface area contributed by atoms with Crippen LogP contribution in [0, 0.1) is 5.82 Å². The minimum atomic E-state index is -0.426. The number of nitrogens with two attached hydrogens (primary N) is 1. The van der Waals surface area contributed by atoms with E-state index in [1.54, 1.807) is 23.9 Å². The van der Waals surface area contributed by atoms with Gasteiger partial charge in [0.15, 0.2) is 0 Å². The van der Waals surface area contributed by atoms with Crippen LogP contribution in [-0.4, -0.2) is 5.25 Å². The normalized spacial score (nSPS) is 18.9. The summed E-state index contributed by atoms with van der Waals surface area (Å²) in [6.07, 6.45) is 0.856. The largest absolute Gasteiger partial charge is 0.323 e. The second-order valence-electron chi connectivity index (χ2n) is 4.76. The minimum Gasteiger partial charge on any atom is -0.323 e. The summed E-state index contributed by atoms with van der Waals surface area (Å²) in [5, 5.41) is 0.234. The maximum absolute atomic E-state index is 14.2. The van der Waals surface area contributed by atoms with Crippen molar-refractivity contribution in [2.45, 2.75) is 22.6 Å². The predicted octanol–water partition coefficient (Wildman–Crippen LogP) is 4.96. The van der Waals surface area contributed by atoms with E-state index >= 15 is 0 Å². The van der Waals surface area contributed by atoms with E-state index in [-0.39, 0.29) is 16.3 Å². The van der Waals surface area contributed by atoms with Crippen LogP contribution in [0.4, 0.5) is 4.39 Å². The van der Waals surface area contributed by atoms with E-state index in [4.69, 9.17) is 17.3 Å². The van der Waals surface area contributed by atoms with Gasteiger partial charge in [0, 0.05) is 26.2 Å². The Hall–Kier alpha value is -0.550. The Balaban J connectivity index is 1.88. The smallest absolute Gasteiger partial charge is 0.147 e. The van der Waals surface area contributed by atoms with E-state index in [1.807, 2.05) is 12.1 Å². The molecule has 0 saturated carbocycles. The highest BCUT2D eigenvalue weighted by Crippen LogP contribution is 2.43. The summed E-state index contributed by atoms with van der Waals surface area (Å²) in [4.78, 5) is 1.23. The predicted molar refractivity (Wildman–Crippen MR) is 85.8 cm³/mol. The lowest BCUT2D eigenvalue weighted by Crippen LogP contribution is -2.24. The van der Waals surface area contributed by atoms with Crippen molar-refractivity contribution < 1.29 is 4.39 Å². The van der Waals surface area contributed by atoms with Gasteiger partial charge in [-0.1, -0.05) is 35.9 Å². The van der Waals surface area contributed by atoms with Gasteiger partial charge in [-0.2, -0.15) is 0 Å². The molecule has 0 fully saturated rings. The lowest BCUT2D eigenvalue weighted by molar-refractivity contribution is 0.572. The molecule has 0 saturated heterocycles. The van der Waals surface area contributed by atoms with Crippen LogP contribution in [0.15, 0.2) is 45.8 Å².